The highest BCUT2D eigenvalue weighted by molar-refractivity contribution is 7.89. The number of anilines is 1. The van der Waals surface area contributed by atoms with E-state index in [2.05, 4.69) is 10.6 Å². The van der Waals surface area contributed by atoms with Gasteiger partial charge in [0, 0.05) is 18.8 Å². The van der Waals surface area contributed by atoms with Gasteiger partial charge >= 0.3 is 6.03 Å². The maximum Gasteiger partial charge on any atom is 0.325 e. The number of hydrogen-bond acceptors (Lipinski definition) is 5. The summed E-state index contributed by atoms with van der Waals surface area (Å²) in [6, 6.07) is 14.1. The molecule has 3 rings (SSSR count). The molecule has 176 valence electrons. The maximum atomic E-state index is 12.6. The molecule has 33 heavy (non-hydrogen) atoms. The summed E-state index contributed by atoms with van der Waals surface area (Å²) in [7, 11) is -3.60. The zero-order valence-corrected chi connectivity index (χ0v) is 19.5. The van der Waals surface area contributed by atoms with Crippen molar-refractivity contribution in [3.63, 3.8) is 0 Å². The Morgan fingerprint density at radius 3 is 2.27 bits per heavy atom. The van der Waals surface area contributed by atoms with Crippen LogP contribution < -0.4 is 10.6 Å². The molecule has 9 nitrogen and oxygen atoms in total. The summed E-state index contributed by atoms with van der Waals surface area (Å²) >= 11 is 0. The van der Waals surface area contributed by atoms with Crippen molar-refractivity contribution in [1.82, 2.24) is 14.5 Å². The van der Waals surface area contributed by atoms with Gasteiger partial charge in [-0.25, -0.2) is 13.2 Å². The van der Waals surface area contributed by atoms with Crippen LogP contribution in [-0.4, -0.2) is 61.1 Å². The molecule has 0 radical (unpaired) electrons. The van der Waals surface area contributed by atoms with Gasteiger partial charge in [0.05, 0.1) is 4.90 Å². The van der Waals surface area contributed by atoms with Crippen molar-refractivity contribution in [2.45, 2.75) is 37.6 Å². The Balaban J connectivity index is 1.57. The molecule has 0 spiro atoms. The lowest BCUT2D eigenvalue weighted by Crippen LogP contribution is -2.38. The van der Waals surface area contributed by atoms with Crippen molar-refractivity contribution in [3.8, 4) is 0 Å². The average Bonchev–Trinajstić information content (AvgIpc) is 3.07. The predicted octanol–water partition coefficient (Wildman–Crippen LogP) is 2.21. The van der Waals surface area contributed by atoms with Gasteiger partial charge in [-0.1, -0.05) is 44.2 Å². The molecule has 1 atom stereocenters. The van der Waals surface area contributed by atoms with E-state index in [1.165, 1.54) is 28.6 Å². The minimum atomic E-state index is -3.60. The number of imide groups is 1. The Bertz CT molecular complexity index is 1100. The number of urea groups is 1. The number of hydrogen-bond donors (Lipinski definition) is 2. The molecule has 0 bridgehead atoms. The second-order valence-electron chi connectivity index (χ2n) is 7.61. The fourth-order valence-electron chi connectivity index (χ4n) is 3.64. The smallest absolute Gasteiger partial charge is 0.325 e. The second kappa shape index (κ2) is 10.6. The molecule has 10 heteroatoms. The van der Waals surface area contributed by atoms with Crippen LogP contribution >= 0.6 is 0 Å². The monoisotopic (exact) mass is 472 g/mol. The van der Waals surface area contributed by atoms with Crippen LogP contribution in [0, 0.1) is 0 Å². The Labute approximate surface area is 193 Å². The van der Waals surface area contributed by atoms with Crippen LogP contribution in [0.5, 0.6) is 0 Å². The molecule has 2 aromatic carbocycles. The first-order valence-corrected chi connectivity index (χ1v) is 12.3. The number of benzene rings is 2. The number of aryl methyl sites for hydroxylation is 1. The minimum Gasteiger partial charge on any atom is -0.326 e. The molecule has 0 aromatic heterocycles. The van der Waals surface area contributed by atoms with Gasteiger partial charge in [0.2, 0.25) is 15.9 Å². The van der Waals surface area contributed by atoms with Crippen molar-refractivity contribution in [2.24, 2.45) is 0 Å². The van der Waals surface area contributed by atoms with Gasteiger partial charge in [0.15, 0.2) is 0 Å². The Kier molecular flexibility index (Phi) is 7.83. The molecule has 1 aliphatic heterocycles. The number of carbonyl (C=O) groups is 3. The highest BCUT2D eigenvalue weighted by atomic mass is 32.2. The maximum absolute atomic E-state index is 12.6. The quantitative estimate of drug-likeness (QED) is 0.515. The normalized spacial score (nSPS) is 16.2. The number of amides is 4. The zero-order chi connectivity index (χ0) is 24.0. The van der Waals surface area contributed by atoms with E-state index in [-0.39, 0.29) is 4.90 Å². The lowest BCUT2D eigenvalue weighted by atomic mass is 10.1. The molecule has 1 fully saturated rings. The van der Waals surface area contributed by atoms with Crippen molar-refractivity contribution < 1.29 is 22.8 Å². The van der Waals surface area contributed by atoms with Crippen LogP contribution in [0.4, 0.5) is 10.5 Å². The molecule has 1 saturated heterocycles. The molecular weight excluding hydrogens is 444 g/mol. The van der Waals surface area contributed by atoms with Crippen molar-refractivity contribution >= 4 is 33.6 Å². The molecule has 2 aromatic rings. The van der Waals surface area contributed by atoms with Gasteiger partial charge in [-0.2, -0.15) is 4.31 Å². The average molecular weight is 473 g/mol. The third-order valence-electron chi connectivity index (χ3n) is 5.45. The molecule has 2 N–H and O–H groups in total. The van der Waals surface area contributed by atoms with E-state index in [4.69, 9.17) is 0 Å². The van der Waals surface area contributed by atoms with E-state index in [1.54, 1.807) is 13.8 Å². The first kappa shape index (κ1) is 24.4. The van der Waals surface area contributed by atoms with Crippen LogP contribution in [0.15, 0.2) is 59.5 Å². The molecule has 1 unspecified atom stereocenters. The van der Waals surface area contributed by atoms with Crippen LogP contribution in [0.1, 0.15) is 25.8 Å². The summed E-state index contributed by atoms with van der Waals surface area (Å²) in [5.74, 6) is -0.992. The summed E-state index contributed by atoms with van der Waals surface area (Å²) in [5.41, 5.74) is 1.42. The Morgan fingerprint density at radius 2 is 1.67 bits per heavy atom. The van der Waals surface area contributed by atoms with E-state index < -0.39 is 40.5 Å². The summed E-state index contributed by atoms with van der Waals surface area (Å²) in [4.78, 5) is 38.2. The first-order valence-electron chi connectivity index (χ1n) is 10.8. The van der Waals surface area contributed by atoms with Gasteiger partial charge in [-0.05, 0) is 42.7 Å². The number of nitrogens with one attached hydrogen (secondary N) is 2. The highest BCUT2D eigenvalue weighted by Gasteiger charge is 2.38. The SMILES string of the molecule is CCN(CC)S(=O)(=O)c1ccc(NC(=O)CN2C(=O)NC(CCc3ccccc3)C2=O)cc1. The summed E-state index contributed by atoms with van der Waals surface area (Å²) in [6.45, 7) is 3.81. The van der Waals surface area contributed by atoms with Crippen LogP contribution in [0.2, 0.25) is 0 Å². The summed E-state index contributed by atoms with van der Waals surface area (Å²) in [6.07, 6.45) is 1.06. The van der Waals surface area contributed by atoms with Gasteiger partial charge in [-0.15, -0.1) is 0 Å². The van der Waals surface area contributed by atoms with Crippen LogP contribution in [-0.2, 0) is 26.0 Å². The lowest BCUT2D eigenvalue weighted by molar-refractivity contribution is -0.130. The number of carbonyl (C=O) groups excluding carboxylic acids is 3. The Morgan fingerprint density at radius 1 is 1.03 bits per heavy atom. The molecule has 0 saturated carbocycles. The third-order valence-corrected chi connectivity index (χ3v) is 7.52. The van der Waals surface area contributed by atoms with E-state index in [0.717, 1.165) is 10.5 Å². The number of rotatable bonds is 10. The van der Waals surface area contributed by atoms with Crippen molar-refractivity contribution in [1.29, 1.82) is 0 Å². The van der Waals surface area contributed by atoms with Gasteiger partial charge in [-0.3, -0.25) is 14.5 Å². The van der Waals surface area contributed by atoms with Crippen LogP contribution in [0.3, 0.4) is 0 Å². The molecule has 0 aliphatic carbocycles. The summed E-state index contributed by atoms with van der Waals surface area (Å²) < 4.78 is 26.4. The van der Waals surface area contributed by atoms with Gasteiger partial charge in [0.25, 0.3) is 5.91 Å². The fourth-order valence-corrected chi connectivity index (χ4v) is 5.10. The topological polar surface area (TPSA) is 116 Å². The van der Waals surface area contributed by atoms with Crippen molar-refractivity contribution in [2.75, 3.05) is 25.0 Å². The number of sulfonamides is 1. The van der Waals surface area contributed by atoms with Gasteiger partial charge in [0.1, 0.15) is 12.6 Å². The van der Waals surface area contributed by atoms with E-state index in [0.29, 0.717) is 31.6 Å². The Hall–Kier alpha value is -3.24. The molecule has 4 amide bonds. The van der Waals surface area contributed by atoms with Gasteiger partial charge < -0.3 is 10.6 Å². The first-order chi connectivity index (χ1) is 15.8. The minimum absolute atomic E-state index is 0.125. The molecule has 1 aliphatic rings. The summed E-state index contributed by atoms with van der Waals surface area (Å²) in [5, 5.41) is 5.22. The van der Waals surface area contributed by atoms with E-state index in [9.17, 15) is 22.8 Å². The molecule has 1 heterocycles. The fraction of sp³-hybridized carbons (Fsp3) is 0.348. The van der Waals surface area contributed by atoms with E-state index in [1.807, 2.05) is 30.3 Å². The van der Waals surface area contributed by atoms with E-state index >= 15 is 0 Å². The third kappa shape index (κ3) is 5.77. The molecular formula is C23H28N4O5S. The lowest BCUT2D eigenvalue weighted by Gasteiger charge is -2.18. The highest BCUT2D eigenvalue weighted by Crippen LogP contribution is 2.19. The standard InChI is InChI=1S/C23H28N4O5S/c1-3-26(4-2)33(31,32)19-13-11-18(12-14-19)24-21(28)16-27-22(29)20(25-23(27)30)15-10-17-8-6-5-7-9-17/h5-9,11-14,20H,3-4,10,15-16H2,1-2H3,(H,24,28)(H,25,30). The van der Waals surface area contributed by atoms with Crippen LogP contribution in [0.25, 0.3) is 0 Å². The number of nitrogens with zero attached hydrogens (tertiary/aromatic N) is 2. The predicted molar refractivity (Wildman–Crippen MR) is 124 cm³/mol. The largest absolute Gasteiger partial charge is 0.326 e. The second-order valence-corrected chi connectivity index (χ2v) is 9.55. The zero-order valence-electron chi connectivity index (χ0n) is 18.7. The van der Waals surface area contributed by atoms with Crippen molar-refractivity contribution in [3.05, 3.63) is 60.2 Å².